The Kier molecular flexibility index (Phi) is 10.2. The molecular weight excluding hydrogens is 424 g/mol. The van der Waals surface area contributed by atoms with Gasteiger partial charge in [-0.15, -0.1) is 0 Å². The van der Waals surface area contributed by atoms with Crippen LogP contribution in [0.25, 0.3) is 0 Å². The summed E-state index contributed by atoms with van der Waals surface area (Å²) in [4.78, 5) is 30.4. The number of benzene rings is 1. The van der Waals surface area contributed by atoms with Crippen molar-refractivity contribution in [3.05, 3.63) is 53.3 Å². The summed E-state index contributed by atoms with van der Waals surface area (Å²) in [7, 11) is 1.99. The number of anilines is 1. The van der Waals surface area contributed by atoms with Crippen LogP contribution in [0.3, 0.4) is 0 Å². The number of carbonyl (C=O) groups is 2. The van der Waals surface area contributed by atoms with Crippen LogP contribution in [-0.2, 0) is 18.4 Å². The van der Waals surface area contributed by atoms with Gasteiger partial charge in [-0.25, -0.2) is 4.79 Å². The summed E-state index contributed by atoms with van der Waals surface area (Å²) in [6, 6.07) is 10.0. The highest BCUT2D eigenvalue weighted by Gasteiger charge is 2.24. The molecule has 0 atom stereocenters. The predicted molar refractivity (Wildman–Crippen MR) is 141 cm³/mol. The Morgan fingerprint density at radius 2 is 1.56 bits per heavy atom. The molecule has 0 saturated carbocycles. The first-order valence-electron chi connectivity index (χ1n) is 12.6. The number of amides is 3. The molecule has 2 aromatic rings. The van der Waals surface area contributed by atoms with Gasteiger partial charge in [0.05, 0.1) is 6.54 Å². The number of para-hydroxylation sites is 1. The zero-order chi connectivity index (χ0) is 25.4. The van der Waals surface area contributed by atoms with Gasteiger partial charge >= 0.3 is 6.03 Å². The Morgan fingerprint density at radius 1 is 0.941 bits per heavy atom. The van der Waals surface area contributed by atoms with E-state index in [1.54, 1.807) is 4.90 Å². The fourth-order valence-electron chi connectivity index (χ4n) is 4.22. The minimum absolute atomic E-state index is 0.0280. The average Bonchev–Trinajstić information content (AvgIpc) is 3.16. The lowest BCUT2D eigenvalue weighted by molar-refractivity contribution is -0.133. The second-order valence-electron chi connectivity index (χ2n) is 10.3. The first-order chi connectivity index (χ1) is 16.0. The summed E-state index contributed by atoms with van der Waals surface area (Å²) in [5.41, 5.74) is 4.20. The molecule has 34 heavy (non-hydrogen) atoms. The number of aromatic nitrogens is 1. The van der Waals surface area contributed by atoms with E-state index in [0.717, 1.165) is 28.9 Å². The molecular formula is C28H44N4O2. The van der Waals surface area contributed by atoms with Crippen LogP contribution in [0.2, 0.25) is 0 Å². The second-order valence-corrected chi connectivity index (χ2v) is 10.3. The number of aryl methyl sites for hydroxylation is 1. The van der Waals surface area contributed by atoms with Gasteiger partial charge in [0.1, 0.15) is 6.54 Å². The van der Waals surface area contributed by atoms with Crippen LogP contribution in [-0.4, -0.2) is 45.9 Å². The SMILES string of the molecule is CCCN(CC(=O)N(Cc1cccn1C)CC(C)C)C(=O)Nc1c(C(C)C)cccc1C(C)C. The second kappa shape index (κ2) is 12.6. The molecule has 188 valence electrons. The lowest BCUT2D eigenvalue weighted by Gasteiger charge is -2.30. The first-order valence-corrected chi connectivity index (χ1v) is 12.6. The van der Waals surface area contributed by atoms with Crippen molar-refractivity contribution in [3.63, 3.8) is 0 Å². The standard InChI is InChI=1S/C28H44N4O2/c1-9-15-31(19-26(33)32(17-20(2)3)18-23-12-11-16-30(23)8)28(34)29-27-24(21(4)5)13-10-14-25(27)22(6)7/h10-14,16,20-22H,9,15,17-19H2,1-8H3,(H,29,34). The molecule has 0 saturated heterocycles. The van der Waals surface area contributed by atoms with Gasteiger partial charge in [-0.2, -0.15) is 0 Å². The molecule has 3 amide bonds. The zero-order valence-corrected chi connectivity index (χ0v) is 22.4. The molecule has 1 aromatic carbocycles. The van der Waals surface area contributed by atoms with E-state index in [0.29, 0.717) is 25.6 Å². The van der Waals surface area contributed by atoms with E-state index in [9.17, 15) is 9.59 Å². The molecule has 0 fully saturated rings. The molecule has 6 nitrogen and oxygen atoms in total. The zero-order valence-electron chi connectivity index (χ0n) is 22.4. The smallest absolute Gasteiger partial charge is 0.322 e. The molecule has 0 aliphatic heterocycles. The maximum absolute atomic E-state index is 13.4. The van der Waals surface area contributed by atoms with Crippen LogP contribution >= 0.6 is 0 Å². The molecule has 0 radical (unpaired) electrons. The van der Waals surface area contributed by atoms with Crippen molar-refractivity contribution in [2.24, 2.45) is 13.0 Å². The quantitative estimate of drug-likeness (QED) is 0.427. The molecule has 0 unspecified atom stereocenters. The Hall–Kier alpha value is -2.76. The third kappa shape index (κ3) is 7.37. The van der Waals surface area contributed by atoms with Gasteiger partial charge in [0.15, 0.2) is 0 Å². The molecule has 1 aromatic heterocycles. The molecule has 0 aliphatic carbocycles. The Bertz CT molecular complexity index is 919. The molecule has 1 heterocycles. The molecule has 2 rings (SSSR count). The maximum atomic E-state index is 13.4. The summed E-state index contributed by atoms with van der Waals surface area (Å²) in [5.74, 6) is 0.869. The van der Waals surface area contributed by atoms with Gasteiger partial charge in [-0.1, -0.05) is 66.7 Å². The van der Waals surface area contributed by atoms with Crippen molar-refractivity contribution < 1.29 is 9.59 Å². The third-order valence-corrected chi connectivity index (χ3v) is 6.05. The predicted octanol–water partition coefficient (Wildman–Crippen LogP) is 6.20. The summed E-state index contributed by atoms with van der Waals surface area (Å²) in [6.07, 6.45) is 2.77. The topological polar surface area (TPSA) is 57.6 Å². The lowest BCUT2D eigenvalue weighted by Crippen LogP contribution is -2.45. The van der Waals surface area contributed by atoms with Crippen LogP contribution in [0.1, 0.15) is 83.5 Å². The van der Waals surface area contributed by atoms with Crippen molar-refractivity contribution in [1.82, 2.24) is 14.4 Å². The normalized spacial score (nSPS) is 11.4. The number of carbonyl (C=O) groups excluding carboxylic acids is 2. The monoisotopic (exact) mass is 468 g/mol. The van der Waals surface area contributed by atoms with Gasteiger partial charge in [0.2, 0.25) is 5.91 Å². The van der Waals surface area contributed by atoms with Crippen molar-refractivity contribution in [2.75, 3.05) is 25.0 Å². The van der Waals surface area contributed by atoms with Crippen molar-refractivity contribution in [2.45, 2.75) is 73.3 Å². The summed E-state index contributed by atoms with van der Waals surface area (Å²) in [5, 5.41) is 3.18. The van der Waals surface area contributed by atoms with Crippen LogP contribution in [0.15, 0.2) is 36.5 Å². The summed E-state index contributed by atoms with van der Waals surface area (Å²) in [6.45, 7) is 16.6. The fraction of sp³-hybridized carbons (Fsp3) is 0.571. The van der Waals surface area contributed by atoms with E-state index in [1.807, 2.05) is 41.8 Å². The van der Waals surface area contributed by atoms with Crippen molar-refractivity contribution in [3.8, 4) is 0 Å². The van der Waals surface area contributed by atoms with Crippen LogP contribution in [0.4, 0.5) is 10.5 Å². The number of rotatable bonds is 11. The average molecular weight is 469 g/mol. The number of hydrogen-bond donors (Lipinski definition) is 1. The molecule has 0 bridgehead atoms. The van der Waals surface area contributed by atoms with E-state index in [4.69, 9.17) is 0 Å². The highest BCUT2D eigenvalue weighted by Crippen LogP contribution is 2.32. The van der Waals surface area contributed by atoms with E-state index in [-0.39, 0.29) is 30.3 Å². The maximum Gasteiger partial charge on any atom is 0.322 e. The Morgan fingerprint density at radius 3 is 2.03 bits per heavy atom. The van der Waals surface area contributed by atoms with Crippen molar-refractivity contribution >= 4 is 17.6 Å². The van der Waals surface area contributed by atoms with Crippen LogP contribution in [0.5, 0.6) is 0 Å². The third-order valence-electron chi connectivity index (χ3n) is 6.05. The molecule has 0 aliphatic rings. The van der Waals surface area contributed by atoms with E-state index >= 15 is 0 Å². The van der Waals surface area contributed by atoms with Crippen LogP contribution in [0, 0.1) is 5.92 Å². The minimum atomic E-state index is -0.214. The summed E-state index contributed by atoms with van der Waals surface area (Å²) >= 11 is 0. The number of nitrogens with zero attached hydrogens (tertiary/aromatic N) is 3. The Labute approximate surface area is 206 Å². The van der Waals surface area contributed by atoms with Gasteiger partial charge in [-0.3, -0.25) is 4.79 Å². The highest BCUT2D eigenvalue weighted by molar-refractivity contribution is 5.94. The highest BCUT2D eigenvalue weighted by atomic mass is 16.2. The fourth-order valence-corrected chi connectivity index (χ4v) is 4.22. The largest absolute Gasteiger partial charge is 0.353 e. The molecule has 6 heteroatoms. The number of hydrogen-bond acceptors (Lipinski definition) is 2. The van der Waals surface area contributed by atoms with Crippen molar-refractivity contribution in [1.29, 1.82) is 0 Å². The number of nitrogens with one attached hydrogen (secondary N) is 1. The van der Waals surface area contributed by atoms with E-state index in [2.05, 4.69) is 65.1 Å². The minimum Gasteiger partial charge on any atom is -0.353 e. The van der Waals surface area contributed by atoms with Gasteiger partial charge < -0.3 is 19.7 Å². The van der Waals surface area contributed by atoms with Gasteiger partial charge in [-0.05, 0) is 47.4 Å². The molecule has 1 N–H and O–H groups in total. The Balaban J connectivity index is 2.25. The lowest BCUT2D eigenvalue weighted by atomic mass is 9.93. The van der Waals surface area contributed by atoms with E-state index in [1.165, 1.54) is 0 Å². The number of urea groups is 1. The van der Waals surface area contributed by atoms with E-state index < -0.39 is 0 Å². The van der Waals surface area contributed by atoms with Gasteiger partial charge in [0.25, 0.3) is 0 Å². The summed E-state index contributed by atoms with van der Waals surface area (Å²) < 4.78 is 2.04. The first kappa shape index (κ1) is 27.5. The van der Waals surface area contributed by atoms with Crippen LogP contribution < -0.4 is 5.32 Å². The van der Waals surface area contributed by atoms with Gasteiger partial charge in [0, 0.05) is 37.7 Å². The molecule has 0 spiro atoms.